The molecule has 0 aliphatic carbocycles. The lowest BCUT2D eigenvalue weighted by molar-refractivity contribution is -0.157. The molecule has 17 heteroatoms. The van der Waals surface area contributed by atoms with Crippen LogP contribution in [0, 0.1) is 12.8 Å². The van der Waals surface area contributed by atoms with Crippen molar-refractivity contribution < 1.29 is 42.8 Å². The zero-order chi connectivity index (χ0) is 39.1. The van der Waals surface area contributed by atoms with Gasteiger partial charge in [-0.25, -0.2) is 9.59 Å². The topological polar surface area (TPSA) is 205 Å². The standard InChI is InChI=1S/C38H52N8O9/c1-23-16-31-37(51)54-21-29(40-33(47)28(18-26-10-5-4-6-11-26)41-38(52)42-32-17-24(2)55-43-32)35(49)45-15-9-13-30(45)36(50)44-14-8-7-12-27(44)20-53-22-39-25(3)34(48)46(31)19-23/h4-6,10-11,17,23,25,27-31,39H,7-9,12-16,18-22H2,1-3H3,(H,40,47)(H2,41,42,43,52)/t23-,25+,27+,28+,29+,30+,31+/m1/s1. The average molecular weight is 765 g/mol. The molecule has 0 bridgehead atoms. The molecule has 17 nitrogen and oxygen atoms in total. The summed E-state index contributed by atoms with van der Waals surface area (Å²) in [5.41, 5.74) is 0.733. The third-order valence-electron chi connectivity index (χ3n) is 10.7. The molecule has 4 aliphatic rings. The van der Waals surface area contributed by atoms with Crippen LogP contribution in [0.25, 0.3) is 0 Å². The Morgan fingerprint density at radius 1 is 0.927 bits per heavy atom. The predicted molar refractivity (Wildman–Crippen MR) is 197 cm³/mol. The number of nitrogens with zero attached hydrogens (tertiary/aromatic N) is 4. The Kier molecular flexibility index (Phi) is 13.0. The van der Waals surface area contributed by atoms with Crippen molar-refractivity contribution in [3.8, 4) is 0 Å². The van der Waals surface area contributed by atoms with E-state index in [0.717, 1.165) is 24.8 Å². The van der Waals surface area contributed by atoms with Crippen molar-refractivity contribution in [2.45, 2.75) is 102 Å². The second kappa shape index (κ2) is 18.1. The Morgan fingerprint density at radius 2 is 1.71 bits per heavy atom. The van der Waals surface area contributed by atoms with Crippen LogP contribution in [0.15, 0.2) is 40.9 Å². The lowest BCUT2D eigenvalue weighted by atomic mass is 10.0. The molecule has 55 heavy (non-hydrogen) atoms. The number of aryl methyl sites for hydroxylation is 1. The van der Waals surface area contributed by atoms with Crippen LogP contribution in [-0.2, 0) is 39.9 Å². The van der Waals surface area contributed by atoms with E-state index in [4.69, 9.17) is 14.0 Å². The number of piperidine rings is 1. The van der Waals surface area contributed by atoms with Gasteiger partial charge >= 0.3 is 12.0 Å². The number of ether oxygens (including phenoxy) is 2. The number of fused-ring (bicyclic) bond motifs is 3. The fraction of sp³-hybridized carbons (Fsp3) is 0.605. The van der Waals surface area contributed by atoms with Crippen LogP contribution < -0.4 is 21.3 Å². The van der Waals surface area contributed by atoms with E-state index in [2.05, 4.69) is 26.4 Å². The van der Waals surface area contributed by atoms with Crippen LogP contribution in [-0.4, -0.2) is 131 Å². The molecule has 6 rings (SSSR count). The molecule has 0 spiro atoms. The van der Waals surface area contributed by atoms with E-state index < -0.39 is 60.6 Å². The van der Waals surface area contributed by atoms with E-state index in [0.29, 0.717) is 38.1 Å². The second-order valence-electron chi connectivity index (χ2n) is 15.0. The summed E-state index contributed by atoms with van der Waals surface area (Å²) in [5, 5.41) is 14.8. The first-order chi connectivity index (χ1) is 26.5. The molecule has 0 radical (unpaired) electrons. The molecule has 4 aliphatic heterocycles. The first-order valence-corrected chi connectivity index (χ1v) is 19.2. The van der Waals surface area contributed by atoms with E-state index in [1.54, 1.807) is 43.0 Å². The van der Waals surface area contributed by atoms with E-state index in [-0.39, 0.29) is 55.9 Å². The largest absolute Gasteiger partial charge is 0.461 e. The molecular formula is C38H52N8O9. The van der Waals surface area contributed by atoms with Crippen LogP contribution in [0.2, 0.25) is 0 Å². The SMILES string of the molecule is Cc1cc(NC(=O)N[C@@H](Cc2ccccc2)C(=O)N[C@H]2COC(=O)[C@@H]3C[C@@H](C)CN3C(=O)[C@H](C)NCOC[C@@H]3CCCCN3C(=O)[C@@H]3CCCN3C2=O)no1. The van der Waals surface area contributed by atoms with Gasteiger partial charge in [0.1, 0.15) is 36.5 Å². The quantitative estimate of drug-likeness (QED) is 0.309. The van der Waals surface area contributed by atoms with Gasteiger partial charge in [-0.3, -0.25) is 29.8 Å². The highest BCUT2D eigenvalue weighted by atomic mass is 16.5. The van der Waals surface area contributed by atoms with E-state index in [1.807, 2.05) is 13.0 Å². The van der Waals surface area contributed by atoms with Crippen molar-refractivity contribution in [2.75, 3.05) is 44.9 Å². The summed E-state index contributed by atoms with van der Waals surface area (Å²) in [5.74, 6) is -1.86. The maximum Gasteiger partial charge on any atom is 0.328 e. The maximum atomic E-state index is 14.5. The Hall–Kier alpha value is -5.03. The molecule has 2 aromatic rings. The Bertz CT molecular complexity index is 1710. The number of amides is 6. The van der Waals surface area contributed by atoms with E-state index >= 15 is 0 Å². The average Bonchev–Trinajstić information content (AvgIpc) is 3.93. The molecule has 6 amide bonds. The minimum absolute atomic E-state index is 0.0157. The van der Waals surface area contributed by atoms with Gasteiger partial charge in [0, 0.05) is 32.1 Å². The van der Waals surface area contributed by atoms with Crippen molar-refractivity contribution in [3.63, 3.8) is 0 Å². The third kappa shape index (κ3) is 9.80. The minimum Gasteiger partial charge on any atom is -0.461 e. The van der Waals surface area contributed by atoms with Crippen molar-refractivity contribution in [3.05, 3.63) is 47.7 Å². The number of nitrogens with one attached hydrogen (secondary N) is 4. The summed E-state index contributed by atoms with van der Waals surface area (Å²) in [6, 6.07) is 4.67. The number of anilines is 1. The number of rotatable bonds is 6. The van der Waals surface area contributed by atoms with Crippen LogP contribution in [0.4, 0.5) is 10.6 Å². The highest BCUT2D eigenvalue weighted by Crippen LogP contribution is 2.27. The van der Waals surface area contributed by atoms with Crippen LogP contribution in [0.3, 0.4) is 0 Å². The van der Waals surface area contributed by atoms with E-state index in [9.17, 15) is 28.8 Å². The number of carbonyl (C=O) groups excluding carboxylic acids is 6. The van der Waals surface area contributed by atoms with Gasteiger partial charge in [-0.15, -0.1) is 0 Å². The van der Waals surface area contributed by atoms with Crippen LogP contribution >= 0.6 is 0 Å². The first kappa shape index (κ1) is 39.7. The fourth-order valence-corrected chi connectivity index (χ4v) is 7.87. The molecule has 1 aromatic heterocycles. The second-order valence-corrected chi connectivity index (χ2v) is 15.0. The summed E-state index contributed by atoms with van der Waals surface area (Å²) in [6.07, 6.45) is 3.91. The van der Waals surface area contributed by atoms with Gasteiger partial charge in [0.15, 0.2) is 5.82 Å². The third-order valence-corrected chi connectivity index (χ3v) is 10.7. The van der Waals surface area contributed by atoms with Gasteiger partial charge in [0.25, 0.3) is 0 Å². The van der Waals surface area contributed by atoms with Gasteiger partial charge in [0.05, 0.1) is 25.4 Å². The summed E-state index contributed by atoms with van der Waals surface area (Å²) >= 11 is 0. The molecule has 5 heterocycles. The van der Waals surface area contributed by atoms with Crippen molar-refractivity contribution in [1.82, 2.24) is 35.8 Å². The van der Waals surface area contributed by atoms with Crippen molar-refractivity contribution in [1.29, 1.82) is 0 Å². The Morgan fingerprint density at radius 3 is 2.47 bits per heavy atom. The minimum atomic E-state index is -1.41. The number of hydrogen-bond acceptors (Lipinski definition) is 11. The number of cyclic esters (lactones) is 1. The summed E-state index contributed by atoms with van der Waals surface area (Å²) in [4.78, 5) is 88.0. The summed E-state index contributed by atoms with van der Waals surface area (Å²) < 4.78 is 16.8. The zero-order valence-corrected chi connectivity index (χ0v) is 31.7. The van der Waals surface area contributed by atoms with Gasteiger partial charge in [-0.1, -0.05) is 42.4 Å². The first-order valence-electron chi connectivity index (χ1n) is 19.2. The van der Waals surface area contributed by atoms with Crippen LogP contribution in [0.1, 0.15) is 63.7 Å². The van der Waals surface area contributed by atoms with Gasteiger partial charge < -0.3 is 39.3 Å². The monoisotopic (exact) mass is 764 g/mol. The molecule has 4 fully saturated rings. The predicted octanol–water partition coefficient (Wildman–Crippen LogP) is 1.32. The lowest BCUT2D eigenvalue weighted by Gasteiger charge is -2.39. The number of carbonyl (C=O) groups is 6. The zero-order valence-electron chi connectivity index (χ0n) is 31.7. The number of hydrogen-bond donors (Lipinski definition) is 4. The van der Waals surface area contributed by atoms with Gasteiger partial charge in [0.2, 0.25) is 23.6 Å². The molecule has 4 saturated heterocycles. The summed E-state index contributed by atoms with van der Waals surface area (Å²) in [6.45, 7) is 6.24. The van der Waals surface area contributed by atoms with Crippen molar-refractivity contribution in [2.24, 2.45) is 5.92 Å². The normalized spacial score (nSPS) is 27.6. The number of urea groups is 1. The van der Waals surface area contributed by atoms with Crippen LogP contribution in [0.5, 0.6) is 0 Å². The number of esters is 1. The fourth-order valence-electron chi connectivity index (χ4n) is 7.87. The maximum absolute atomic E-state index is 14.5. The highest BCUT2D eigenvalue weighted by molar-refractivity contribution is 5.97. The van der Waals surface area contributed by atoms with Gasteiger partial charge in [-0.2, -0.15) is 0 Å². The van der Waals surface area contributed by atoms with Gasteiger partial charge in [-0.05, 0) is 63.9 Å². The number of benzene rings is 1. The van der Waals surface area contributed by atoms with Crippen molar-refractivity contribution >= 4 is 41.4 Å². The molecule has 1 aromatic carbocycles. The highest BCUT2D eigenvalue weighted by Gasteiger charge is 2.44. The van der Waals surface area contributed by atoms with E-state index in [1.165, 1.54) is 15.9 Å². The molecule has 7 atom stereocenters. The lowest BCUT2D eigenvalue weighted by Crippen LogP contribution is -2.60. The molecule has 298 valence electrons. The molecule has 4 N–H and O–H groups in total. The number of aromatic nitrogens is 1. The Labute approximate surface area is 320 Å². The molecule has 0 saturated carbocycles. The smallest absolute Gasteiger partial charge is 0.328 e. The summed E-state index contributed by atoms with van der Waals surface area (Å²) in [7, 11) is 0. The molecule has 0 unspecified atom stereocenters. The Balaban J connectivity index is 1.27. The molecular weight excluding hydrogens is 712 g/mol.